The molecule has 2 aromatic carbocycles. The molecule has 2 aromatic heterocycles. The van der Waals surface area contributed by atoms with E-state index in [4.69, 9.17) is 10.5 Å². The summed E-state index contributed by atoms with van der Waals surface area (Å²) >= 11 is 0. The number of nitrogens with zero attached hydrogens (tertiary/aromatic N) is 4. The Hall–Kier alpha value is -4.60. The maximum Gasteiger partial charge on any atom is 0.211 e. The van der Waals surface area contributed by atoms with Crippen molar-refractivity contribution in [2.24, 2.45) is 11.8 Å². The molecule has 2 heterocycles. The second-order valence-electron chi connectivity index (χ2n) is 12.3. The van der Waals surface area contributed by atoms with Gasteiger partial charge in [0.05, 0.1) is 40.8 Å². The van der Waals surface area contributed by atoms with Crippen LogP contribution < -0.4 is 9.44 Å². The highest BCUT2D eigenvalue weighted by Crippen LogP contribution is 2.43. The third-order valence-electron chi connectivity index (χ3n) is 8.63. The third-order valence-corrected chi connectivity index (χ3v) is 11.4. The van der Waals surface area contributed by atoms with Crippen molar-refractivity contribution < 1.29 is 25.6 Å². The SMILES string of the molecule is CCS(=O)(=O)NC(c1cncc(-c2ccc(C#N)cc2F)c1)C1CC1.CCS(=O)(=O)N[C@H](c1cncc(-c2ccc(C#N)c(F)c2)c1)C1CC1. The molecule has 0 aliphatic heterocycles. The Morgan fingerprint density at radius 2 is 1.24 bits per heavy atom. The summed E-state index contributed by atoms with van der Waals surface area (Å²) in [6.45, 7) is 3.19. The number of aromatic nitrogens is 2. The van der Waals surface area contributed by atoms with E-state index in [0.717, 1.165) is 36.8 Å². The molecule has 2 fully saturated rings. The van der Waals surface area contributed by atoms with Crippen molar-refractivity contribution in [3.05, 3.63) is 107 Å². The topological polar surface area (TPSA) is 166 Å². The van der Waals surface area contributed by atoms with Gasteiger partial charge in [0.2, 0.25) is 20.0 Å². The fourth-order valence-corrected chi connectivity index (χ4v) is 7.21. The zero-order chi connectivity index (χ0) is 36.1. The minimum absolute atomic E-state index is 0.00753. The van der Waals surface area contributed by atoms with E-state index >= 15 is 0 Å². The van der Waals surface area contributed by atoms with Crippen LogP contribution in [-0.2, 0) is 20.0 Å². The third kappa shape index (κ3) is 9.34. The molecule has 0 radical (unpaired) electrons. The van der Waals surface area contributed by atoms with E-state index in [1.807, 2.05) is 12.1 Å². The predicted octanol–water partition coefficient (Wildman–Crippen LogP) is 6.30. The number of nitrogens with one attached hydrogen (secondary N) is 2. The number of sulfonamides is 2. The van der Waals surface area contributed by atoms with E-state index < -0.39 is 31.7 Å². The van der Waals surface area contributed by atoms with Crippen molar-refractivity contribution in [1.82, 2.24) is 19.4 Å². The Morgan fingerprint density at radius 3 is 1.70 bits per heavy atom. The van der Waals surface area contributed by atoms with Crippen molar-refractivity contribution in [3.63, 3.8) is 0 Å². The molecule has 6 rings (SSSR count). The molecule has 4 aromatic rings. The molecule has 10 nitrogen and oxygen atoms in total. The second kappa shape index (κ2) is 15.5. The minimum atomic E-state index is -3.35. The van der Waals surface area contributed by atoms with Crippen molar-refractivity contribution in [2.75, 3.05) is 11.5 Å². The smallest absolute Gasteiger partial charge is 0.211 e. The lowest BCUT2D eigenvalue weighted by Crippen LogP contribution is -2.31. The Balaban J connectivity index is 0.000000194. The number of pyridine rings is 2. The number of rotatable bonds is 12. The highest BCUT2D eigenvalue weighted by Gasteiger charge is 2.36. The minimum Gasteiger partial charge on any atom is -0.264 e. The number of nitriles is 2. The summed E-state index contributed by atoms with van der Waals surface area (Å²) in [7, 11) is -6.69. The molecule has 0 saturated heterocycles. The lowest BCUT2D eigenvalue weighted by atomic mass is 9.99. The van der Waals surface area contributed by atoms with Crippen LogP contribution in [0.3, 0.4) is 0 Å². The Bertz CT molecular complexity index is 2180. The first-order valence-corrected chi connectivity index (χ1v) is 19.5. The zero-order valence-electron chi connectivity index (χ0n) is 27.5. The first-order valence-electron chi connectivity index (χ1n) is 16.2. The quantitative estimate of drug-likeness (QED) is 0.172. The van der Waals surface area contributed by atoms with Crippen LogP contribution in [0.2, 0.25) is 0 Å². The first-order chi connectivity index (χ1) is 23.9. The lowest BCUT2D eigenvalue weighted by molar-refractivity contribution is 0.528. The molecule has 2 atom stereocenters. The van der Waals surface area contributed by atoms with Gasteiger partial charge in [-0.1, -0.05) is 12.1 Å². The van der Waals surface area contributed by atoms with Gasteiger partial charge in [-0.05, 0) is 104 Å². The van der Waals surface area contributed by atoms with Crippen molar-refractivity contribution >= 4 is 20.0 Å². The molecule has 0 amide bonds. The van der Waals surface area contributed by atoms with E-state index in [1.54, 1.807) is 56.7 Å². The maximum absolute atomic E-state index is 14.3. The van der Waals surface area contributed by atoms with Crippen LogP contribution in [0.15, 0.2) is 73.3 Å². The van der Waals surface area contributed by atoms with Gasteiger partial charge in [0.25, 0.3) is 0 Å². The van der Waals surface area contributed by atoms with Crippen molar-refractivity contribution in [1.29, 1.82) is 10.5 Å². The molecule has 1 unspecified atom stereocenters. The summed E-state index contributed by atoms with van der Waals surface area (Å²) in [6.07, 6.45) is 10.2. The normalized spacial score (nSPS) is 15.6. The summed E-state index contributed by atoms with van der Waals surface area (Å²) in [5, 5.41) is 17.7. The molecular formula is C36H36F2N6O4S2. The highest BCUT2D eigenvalue weighted by molar-refractivity contribution is 7.89. The van der Waals surface area contributed by atoms with Crippen molar-refractivity contribution in [3.8, 4) is 34.4 Å². The number of halogens is 2. The summed E-state index contributed by atoms with van der Waals surface area (Å²) in [4.78, 5) is 8.36. The van der Waals surface area contributed by atoms with Crippen molar-refractivity contribution in [2.45, 2.75) is 51.6 Å². The predicted molar refractivity (Wildman–Crippen MR) is 185 cm³/mol. The lowest BCUT2D eigenvalue weighted by Gasteiger charge is -2.19. The number of benzene rings is 2. The zero-order valence-corrected chi connectivity index (χ0v) is 29.1. The van der Waals surface area contributed by atoms with Crippen LogP contribution in [0, 0.1) is 46.1 Å². The first kappa shape index (κ1) is 36.7. The van der Waals surface area contributed by atoms with Gasteiger partial charge < -0.3 is 0 Å². The average Bonchev–Trinajstić information content (AvgIpc) is 4.05. The molecule has 2 aliphatic rings. The monoisotopic (exact) mass is 718 g/mol. The van der Waals surface area contributed by atoms with Crippen LogP contribution in [0.4, 0.5) is 8.78 Å². The van der Waals surface area contributed by atoms with Gasteiger partial charge in [-0.25, -0.2) is 35.1 Å². The van der Waals surface area contributed by atoms with E-state index in [9.17, 15) is 25.6 Å². The molecule has 0 spiro atoms. The van der Waals surface area contributed by atoms with Gasteiger partial charge in [0.1, 0.15) is 17.7 Å². The van der Waals surface area contributed by atoms with E-state index in [1.165, 1.54) is 30.5 Å². The summed E-state index contributed by atoms with van der Waals surface area (Å²) < 4.78 is 81.5. The van der Waals surface area contributed by atoms with Crippen LogP contribution in [0.1, 0.15) is 73.9 Å². The Kier molecular flexibility index (Phi) is 11.4. The molecule has 260 valence electrons. The van der Waals surface area contributed by atoms with Gasteiger partial charge in [0.15, 0.2) is 0 Å². The molecule has 14 heteroatoms. The molecular weight excluding hydrogens is 683 g/mol. The Labute approximate surface area is 291 Å². The fraction of sp³-hybridized carbons (Fsp3) is 0.333. The van der Waals surface area contributed by atoms with Gasteiger partial charge in [-0.3, -0.25) is 9.97 Å². The van der Waals surface area contributed by atoms with E-state index in [2.05, 4.69) is 19.4 Å². The molecule has 0 bridgehead atoms. The molecule has 2 aliphatic carbocycles. The second-order valence-corrected chi connectivity index (χ2v) is 16.4. The fourth-order valence-electron chi connectivity index (χ4n) is 5.45. The number of hydrogen-bond acceptors (Lipinski definition) is 8. The van der Waals surface area contributed by atoms with E-state index in [0.29, 0.717) is 22.3 Å². The maximum atomic E-state index is 14.3. The highest BCUT2D eigenvalue weighted by atomic mass is 32.2. The largest absolute Gasteiger partial charge is 0.264 e. The number of hydrogen-bond donors (Lipinski definition) is 2. The average molecular weight is 719 g/mol. The molecule has 50 heavy (non-hydrogen) atoms. The van der Waals surface area contributed by atoms with Crippen LogP contribution in [0.25, 0.3) is 22.3 Å². The summed E-state index contributed by atoms with van der Waals surface area (Å²) in [5.74, 6) is -0.566. The Morgan fingerprint density at radius 1 is 0.700 bits per heavy atom. The molecule has 2 N–H and O–H groups in total. The molecule has 2 saturated carbocycles. The van der Waals surface area contributed by atoms with Gasteiger partial charge in [-0.15, -0.1) is 0 Å². The standard InChI is InChI=1S/2C18H18FN3O2S/c1-2-25(23,24)22-18(13-4-5-13)15-8-14(10-21-11-15)16-6-3-12(9-20)7-17(16)19;1-2-25(23,24)22-18(12-3-4-12)16-7-15(10-21-11-16)13-5-6-14(9-20)17(19)8-13/h3,6-8,10-11,13,18,22H,2,4-5H2,1H3;5-8,10-12,18,22H,2-4H2,1H3/t;18-/m.0/s1. The summed E-state index contributed by atoms with van der Waals surface area (Å²) in [5.41, 5.74) is 3.89. The van der Waals surface area contributed by atoms with Gasteiger partial charge >= 0.3 is 0 Å². The van der Waals surface area contributed by atoms with Crippen LogP contribution in [0.5, 0.6) is 0 Å². The van der Waals surface area contributed by atoms with Crippen LogP contribution >= 0.6 is 0 Å². The van der Waals surface area contributed by atoms with E-state index in [-0.39, 0.29) is 46.6 Å². The van der Waals surface area contributed by atoms with Gasteiger partial charge in [-0.2, -0.15) is 10.5 Å². The van der Waals surface area contributed by atoms with Crippen LogP contribution in [-0.4, -0.2) is 38.3 Å². The van der Waals surface area contributed by atoms with Gasteiger partial charge in [0, 0.05) is 41.5 Å². The summed E-state index contributed by atoms with van der Waals surface area (Å²) in [6, 6.07) is 15.3.